The number of rotatable bonds is 7. The van der Waals surface area contributed by atoms with Crippen LogP contribution in [0.4, 0.5) is 5.69 Å². The summed E-state index contributed by atoms with van der Waals surface area (Å²) in [5.74, 6) is 1.19. The van der Waals surface area contributed by atoms with E-state index >= 15 is 0 Å². The van der Waals surface area contributed by atoms with Crippen molar-refractivity contribution < 1.29 is 13.2 Å². The summed E-state index contributed by atoms with van der Waals surface area (Å²) in [4.78, 5) is 12.3. The lowest BCUT2D eigenvalue weighted by atomic mass is 10.0. The molecule has 0 spiro atoms. The number of allylic oxidation sites excluding steroid dienone is 1. The van der Waals surface area contributed by atoms with Crippen molar-refractivity contribution in [1.29, 1.82) is 0 Å². The molecule has 130 valence electrons. The van der Waals surface area contributed by atoms with E-state index in [1.165, 1.54) is 31.3 Å². The second-order valence-electron chi connectivity index (χ2n) is 6.92. The van der Waals surface area contributed by atoms with E-state index in [0.717, 1.165) is 11.8 Å². The maximum Gasteiger partial charge on any atom is 0.244 e. The molecule has 6 heteroatoms. The first-order valence-corrected chi connectivity index (χ1v) is 10.3. The van der Waals surface area contributed by atoms with Crippen LogP contribution >= 0.6 is 0 Å². The zero-order valence-corrected chi connectivity index (χ0v) is 14.9. The van der Waals surface area contributed by atoms with Crippen LogP contribution in [0.2, 0.25) is 0 Å². The lowest BCUT2D eigenvalue weighted by Crippen LogP contribution is -2.25. The quantitative estimate of drug-likeness (QED) is 0.744. The first kappa shape index (κ1) is 17.0. The van der Waals surface area contributed by atoms with Crippen LogP contribution in [-0.2, 0) is 14.8 Å². The maximum absolute atomic E-state index is 12.3. The highest BCUT2D eigenvalue weighted by Crippen LogP contribution is 2.48. The Morgan fingerprint density at radius 2 is 1.83 bits per heavy atom. The van der Waals surface area contributed by atoms with E-state index in [-0.39, 0.29) is 11.9 Å². The van der Waals surface area contributed by atoms with Gasteiger partial charge in [0.1, 0.15) is 0 Å². The Morgan fingerprint density at radius 1 is 1.21 bits per heavy atom. The molecule has 0 aromatic heterocycles. The van der Waals surface area contributed by atoms with Crippen LogP contribution in [0.1, 0.15) is 44.2 Å². The number of carbonyl (C=O) groups is 1. The van der Waals surface area contributed by atoms with Crippen LogP contribution in [0.3, 0.4) is 0 Å². The van der Waals surface area contributed by atoms with Gasteiger partial charge in [-0.2, -0.15) is 0 Å². The van der Waals surface area contributed by atoms with Crippen LogP contribution in [0.15, 0.2) is 35.9 Å². The number of benzene rings is 1. The minimum absolute atomic E-state index is 0.0576. The second-order valence-corrected chi connectivity index (χ2v) is 8.67. The fourth-order valence-electron chi connectivity index (χ4n) is 2.98. The second kappa shape index (κ2) is 6.59. The fourth-order valence-corrected chi connectivity index (χ4v) is 3.53. The summed E-state index contributed by atoms with van der Waals surface area (Å²) in [6, 6.07) is 6.91. The molecule has 1 atom stereocenters. The number of carbonyl (C=O) groups excluding carboxylic acids is 1. The molecule has 0 saturated heterocycles. The average Bonchev–Trinajstić information content (AvgIpc) is 3.36. The topological polar surface area (TPSA) is 75.3 Å². The van der Waals surface area contributed by atoms with Crippen molar-refractivity contribution >= 4 is 21.6 Å². The lowest BCUT2D eigenvalue weighted by molar-refractivity contribution is -0.117. The zero-order chi connectivity index (χ0) is 17.3. The third-order valence-corrected chi connectivity index (χ3v) is 5.05. The van der Waals surface area contributed by atoms with Crippen LogP contribution in [0.25, 0.3) is 0 Å². The Morgan fingerprint density at radius 3 is 2.38 bits per heavy atom. The molecule has 2 fully saturated rings. The van der Waals surface area contributed by atoms with Gasteiger partial charge in [-0.25, -0.2) is 8.42 Å². The van der Waals surface area contributed by atoms with E-state index in [4.69, 9.17) is 0 Å². The van der Waals surface area contributed by atoms with Gasteiger partial charge in [-0.15, -0.1) is 0 Å². The molecule has 2 aliphatic carbocycles. The van der Waals surface area contributed by atoms with Gasteiger partial charge >= 0.3 is 0 Å². The molecule has 0 aliphatic heterocycles. The van der Waals surface area contributed by atoms with E-state index in [2.05, 4.69) is 10.0 Å². The monoisotopic (exact) mass is 348 g/mol. The van der Waals surface area contributed by atoms with Crippen LogP contribution in [0, 0.1) is 11.8 Å². The van der Waals surface area contributed by atoms with Gasteiger partial charge in [0.2, 0.25) is 15.9 Å². The van der Waals surface area contributed by atoms with Gasteiger partial charge in [-0.05, 0) is 62.1 Å². The molecule has 2 aliphatic rings. The van der Waals surface area contributed by atoms with Gasteiger partial charge < -0.3 is 5.32 Å². The summed E-state index contributed by atoms with van der Waals surface area (Å²) in [6.07, 6.45) is 7.76. The Balaban J connectivity index is 1.65. The first-order valence-electron chi connectivity index (χ1n) is 8.41. The summed E-state index contributed by atoms with van der Waals surface area (Å²) in [7, 11) is -3.31. The predicted octanol–water partition coefficient (Wildman–Crippen LogP) is 2.98. The normalized spacial score (nSPS) is 18.6. The van der Waals surface area contributed by atoms with E-state index in [0.29, 0.717) is 17.5 Å². The molecular weight excluding hydrogens is 324 g/mol. The highest BCUT2D eigenvalue weighted by atomic mass is 32.2. The number of hydrogen-bond donors (Lipinski definition) is 2. The highest BCUT2D eigenvalue weighted by molar-refractivity contribution is 7.92. The molecule has 24 heavy (non-hydrogen) atoms. The maximum atomic E-state index is 12.3. The van der Waals surface area contributed by atoms with Gasteiger partial charge in [-0.3, -0.25) is 9.52 Å². The van der Waals surface area contributed by atoms with Crippen LogP contribution in [-0.4, -0.2) is 20.6 Å². The van der Waals surface area contributed by atoms with Gasteiger partial charge in [0.15, 0.2) is 0 Å². The molecule has 1 amide bonds. The minimum atomic E-state index is -3.31. The Bertz CT molecular complexity index is 748. The number of hydrogen-bond acceptors (Lipinski definition) is 3. The summed E-state index contributed by atoms with van der Waals surface area (Å²) in [6.45, 7) is 1.90. The molecule has 2 saturated carbocycles. The molecule has 5 nitrogen and oxygen atoms in total. The standard InChI is InChI=1S/C18H24N2O3S/c1-12(15-4-3-5-16(10-15)20-24(2,22)23)19-18(21)11-17(13-6-7-13)14-8-9-14/h3-5,10-14,20H,6-9H2,1-2H3,(H,19,21). The molecular formula is C18H24N2O3S. The Hall–Kier alpha value is -1.82. The van der Waals surface area contributed by atoms with Gasteiger partial charge in [0.25, 0.3) is 0 Å². The third-order valence-electron chi connectivity index (χ3n) is 4.44. The SMILES string of the molecule is CC(NC(=O)C=C(C1CC1)C1CC1)c1cccc(NS(C)(=O)=O)c1. The number of amides is 1. The minimum Gasteiger partial charge on any atom is -0.346 e. The van der Waals surface area contributed by atoms with Gasteiger partial charge in [0, 0.05) is 11.8 Å². The summed E-state index contributed by atoms with van der Waals surface area (Å²) in [5, 5.41) is 2.99. The van der Waals surface area contributed by atoms with Crippen molar-refractivity contribution in [1.82, 2.24) is 5.32 Å². The molecule has 3 rings (SSSR count). The smallest absolute Gasteiger partial charge is 0.244 e. The van der Waals surface area contributed by atoms with Gasteiger partial charge in [0.05, 0.1) is 12.3 Å². The highest BCUT2D eigenvalue weighted by Gasteiger charge is 2.36. The van der Waals surface area contributed by atoms with Crippen molar-refractivity contribution in [3.63, 3.8) is 0 Å². The summed E-state index contributed by atoms with van der Waals surface area (Å²) < 4.78 is 25.1. The summed E-state index contributed by atoms with van der Waals surface area (Å²) >= 11 is 0. The van der Waals surface area contributed by atoms with Crippen LogP contribution in [0.5, 0.6) is 0 Å². The van der Waals surface area contributed by atoms with Crippen molar-refractivity contribution in [2.24, 2.45) is 11.8 Å². The van der Waals surface area contributed by atoms with Crippen molar-refractivity contribution in [3.05, 3.63) is 41.5 Å². The van der Waals surface area contributed by atoms with E-state index in [1.807, 2.05) is 13.0 Å². The molecule has 1 aromatic carbocycles. The van der Waals surface area contributed by atoms with E-state index < -0.39 is 10.0 Å². The lowest BCUT2D eigenvalue weighted by Gasteiger charge is -2.15. The third kappa shape index (κ3) is 4.84. The van der Waals surface area contributed by atoms with Gasteiger partial charge in [-0.1, -0.05) is 17.7 Å². The Kier molecular flexibility index (Phi) is 4.67. The largest absolute Gasteiger partial charge is 0.346 e. The molecule has 0 radical (unpaired) electrons. The number of nitrogens with one attached hydrogen (secondary N) is 2. The van der Waals surface area contributed by atoms with Crippen molar-refractivity contribution in [2.75, 3.05) is 11.0 Å². The molecule has 2 N–H and O–H groups in total. The average molecular weight is 348 g/mol. The van der Waals surface area contributed by atoms with Crippen molar-refractivity contribution in [2.45, 2.75) is 38.6 Å². The Labute approximate surface area is 143 Å². The van der Waals surface area contributed by atoms with Crippen LogP contribution < -0.4 is 10.0 Å². The number of sulfonamides is 1. The van der Waals surface area contributed by atoms with E-state index in [1.54, 1.807) is 24.3 Å². The molecule has 0 heterocycles. The molecule has 1 unspecified atom stereocenters. The first-order chi connectivity index (χ1) is 11.3. The van der Waals surface area contributed by atoms with Crippen molar-refractivity contribution in [3.8, 4) is 0 Å². The fraction of sp³-hybridized carbons (Fsp3) is 0.500. The summed E-state index contributed by atoms with van der Waals surface area (Å²) in [5.41, 5.74) is 2.69. The zero-order valence-electron chi connectivity index (χ0n) is 14.1. The predicted molar refractivity (Wildman–Crippen MR) is 95.0 cm³/mol. The number of anilines is 1. The molecule has 0 bridgehead atoms. The molecule has 1 aromatic rings. The van der Waals surface area contributed by atoms with E-state index in [9.17, 15) is 13.2 Å².